The third-order valence-electron chi connectivity index (χ3n) is 6.16. The van der Waals surface area contributed by atoms with Crippen LogP contribution in [-0.4, -0.2) is 74.4 Å². The minimum atomic E-state index is -4.35. The van der Waals surface area contributed by atoms with E-state index in [1.807, 2.05) is 0 Å². The number of amides is 1. The number of nitrogens with two attached hydrogens (primary N) is 1. The largest absolute Gasteiger partial charge is 0.476 e. The molecule has 1 saturated heterocycles. The standard InChI is InChI=1S/C26H36N4O9S/c1-6-37-23-20(17-12-14-30(15-13-17)24(33)38-25(2,3)4)21(39-28-23)22(32)26(27,16-19(31)36-5)29-40(34,35)18-10-8-7-9-11-18/h7-11,17,29H,6,12-16,27H2,1-5H3/t26-/m0/s1. The van der Waals surface area contributed by atoms with E-state index in [-0.39, 0.29) is 34.6 Å². The molecule has 0 radical (unpaired) electrons. The SMILES string of the molecule is CCOc1noc(C(=O)[C@](N)(CC(=O)OC)NS(=O)(=O)c2ccccc2)c1C1CCN(C(=O)OC(C)(C)C)CC1. The predicted octanol–water partition coefficient (Wildman–Crippen LogP) is 2.57. The highest BCUT2D eigenvalue weighted by atomic mass is 32.2. The second-order valence-corrected chi connectivity index (χ2v) is 12.1. The van der Waals surface area contributed by atoms with Crippen molar-refractivity contribution in [2.45, 2.75) is 69.0 Å². The summed E-state index contributed by atoms with van der Waals surface area (Å²) in [5.41, 5.74) is 3.50. The average Bonchev–Trinajstić information content (AvgIpc) is 3.31. The molecule has 0 spiro atoms. The lowest BCUT2D eigenvalue weighted by Crippen LogP contribution is -2.62. The number of carbonyl (C=O) groups is 3. The van der Waals surface area contributed by atoms with Crippen LogP contribution in [-0.2, 0) is 24.3 Å². The minimum Gasteiger partial charge on any atom is -0.476 e. The second kappa shape index (κ2) is 12.4. The maximum absolute atomic E-state index is 13.9. The number of rotatable bonds is 10. The van der Waals surface area contributed by atoms with Gasteiger partial charge in [0.15, 0.2) is 5.66 Å². The van der Waals surface area contributed by atoms with E-state index in [1.54, 1.807) is 38.7 Å². The van der Waals surface area contributed by atoms with Crippen molar-refractivity contribution in [1.29, 1.82) is 0 Å². The van der Waals surface area contributed by atoms with E-state index >= 15 is 0 Å². The van der Waals surface area contributed by atoms with Crippen LogP contribution in [0, 0.1) is 0 Å². The highest BCUT2D eigenvalue weighted by molar-refractivity contribution is 7.89. The van der Waals surface area contributed by atoms with Gasteiger partial charge in [0.05, 0.1) is 30.6 Å². The summed E-state index contributed by atoms with van der Waals surface area (Å²) in [5.74, 6) is -2.60. The molecular weight excluding hydrogens is 544 g/mol. The molecule has 3 rings (SSSR count). The van der Waals surface area contributed by atoms with Crippen LogP contribution in [0.4, 0.5) is 4.79 Å². The Balaban J connectivity index is 1.95. The van der Waals surface area contributed by atoms with E-state index in [1.165, 1.54) is 24.3 Å². The van der Waals surface area contributed by atoms with Crippen molar-refractivity contribution >= 4 is 27.9 Å². The highest BCUT2D eigenvalue weighted by Gasteiger charge is 2.46. The van der Waals surface area contributed by atoms with Crippen molar-refractivity contribution in [2.24, 2.45) is 5.73 Å². The molecule has 1 aromatic heterocycles. The number of methoxy groups -OCH3 is 1. The van der Waals surface area contributed by atoms with Gasteiger partial charge >= 0.3 is 12.1 Å². The number of piperidine rings is 1. The number of hydrogen-bond acceptors (Lipinski definition) is 11. The number of ether oxygens (including phenoxy) is 3. The summed E-state index contributed by atoms with van der Waals surface area (Å²) >= 11 is 0. The maximum Gasteiger partial charge on any atom is 0.410 e. The lowest BCUT2D eigenvalue weighted by atomic mass is 9.86. The summed E-state index contributed by atoms with van der Waals surface area (Å²) in [7, 11) is -3.27. The topological polar surface area (TPSA) is 180 Å². The first kappa shape index (κ1) is 31.0. The van der Waals surface area contributed by atoms with Crippen molar-refractivity contribution in [1.82, 2.24) is 14.8 Å². The minimum absolute atomic E-state index is 0.0490. The van der Waals surface area contributed by atoms with E-state index in [0.717, 1.165) is 7.11 Å². The van der Waals surface area contributed by atoms with E-state index < -0.39 is 45.6 Å². The van der Waals surface area contributed by atoms with E-state index in [2.05, 4.69) is 14.6 Å². The molecule has 14 heteroatoms. The molecule has 1 fully saturated rings. The first-order valence-electron chi connectivity index (χ1n) is 12.8. The molecule has 3 N–H and O–H groups in total. The Labute approximate surface area is 233 Å². The van der Waals surface area contributed by atoms with Gasteiger partial charge < -0.3 is 29.4 Å². The van der Waals surface area contributed by atoms with Crippen molar-refractivity contribution in [3.63, 3.8) is 0 Å². The third-order valence-corrected chi connectivity index (χ3v) is 7.69. The fraction of sp³-hybridized carbons (Fsp3) is 0.538. The first-order chi connectivity index (χ1) is 18.7. The van der Waals surface area contributed by atoms with Crippen LogP contribution in [0.1, 0.15) is 69.0 Å². The number of benzene rings is 1. The molecule has 2 heterocycles. The molecule has 0 saturated carbocycles. The zero-order valence-corrected chi connectivity index (χ0v) is 24.1. The Bertz CT molecular complexity index is 1310. The number of aromatic nitrogens is 1. The lowest BCUT2D eigenvalue weighted by molar-refractivity contribution is -0.141. The summed E-state index contributed by atoms with van der Waals surface area (Å²) in [6.07, 6.45) is -0.460. The van der Waals surface area contributed by atoms with Gasteiger partial charge in [-0.05, 0) is 63.7 Å². The molecule has 1 aliphatic heterocycles. The average molecular weight is 581 g/mol. The monoisotopic (exact) mass is 580 g/mol. The summed E-state index contributed by atoms with van der Waals surface area (Å²) in [5, 5.41) is 3.90. The summed E-state index contributed by atoms with van der Waals surface area (Å²) in [6, 6.07) is 7.26. The van der Waals surface area contributed by atoms with Gasteiger partial charge in [0.25, 0.3) is 5.88 Å². The maximum atomic E-state index is 13.9. The van der Waals surface area contributed by atoms with Crippen molar-refractivity contribution < 1.29 is 41.5 Å². The molecule has 2 aromatic rings. The molecule has 0 unspecified atom stereocenters. The van der Waals surface area contributed by atoms with Gasteiger partial charge in [0.2, 0.25) is 21.6 Å². The van der Waals surface area contributed by atoms with Crippen molar-refractivity contribution in [3.05, 3.63) is 41.7 Å². The molecule has 1 amide bonds. The number of hydrogen-bond donors (Lipinski definition) is 2. The van der Waals surface area contributed by atoms with Gasteiger partial charge in [-0.25, -0.2) is 13.2 Å². The number of carbonyl (C=O) groups excluding carboxylic acids is 3. The Kier molecular flexibility index (Phi) is 9.59. The first-order valence-corrected chi connectivity index (χ1v) is 14.3. The molecule has 220 valence electrons. The zero-order chi connectivity index (χ0) is 29.7. The molecular formula is C26H36N4O9S. The van der Waals surface area contributed by atoms with Crippen LogP contribution in [0.25, 0.3) is 0 Å². The Hall–Kier alpha value is -3.49. The fourth-order valence-electron chi connectivity index (χ4n) is 4.29. The van der Waals surface area contributed by atoms with Gasteiger partial charge in [-0.1, -0.05) is 18.2 Å². The van der Waals surface area contributed by atoms with Crippen LogP contribution in [0.2, 0.25) is 0 Å². The van der Waals surface area contributed by atoms with Crippen LogP contribution in [0.15, 0.2) is 39.8 Å². The van der Waals surface area contributed by atoms with Gasteiger partial charge in [-0.3, -0.25) is 9.59 Å². The number of nitrogens with zero attached hydrogens (tertiary/aromatic N) is 2. The van der Waals surface area contributed by atoms with E-state index in [4.69, 9.17) is 19.7 Å². The molecule has 1 aromatic carbocycles. The highest BCUT2D eigenvalue weighted by Crippen LogP contribution is 2.38. The lowest BCUT2D eigenvalue weighted by Gasteiger charge is -2.33. The Morgan fingerprint density at radius 1 is 1.15 bits per heavy atom. The fourth-order valence-corrected chi connectivity index (χ4v) is 5.57. The predicted molar refractivity (Wildman–Crippen MR) is 142 cm³/mol. The number of likely N-dealkylation sites (tertiary alicyclic amines) is 1. The van der Waals surface area contributed by atoms with Gasteiger partial charge in [0, 0.05) is 13.1 Å². The zero-order valence-electron chi connectivity index (χ0n) is 23.3. The molecule has 0 aliphatic carbocycles. The number of ketones is 1. The Morgan fingerprint density at radius 2 is 1.77 bits per heavy atom. The van der Waals surface area contributed by atoms with E-state index in [0.29, 0.717) is 25.9 Å². The van der Waals surface area contributed by atoms with E-state index in [9.17, 15) is 22.8 Å². The molecule has 40 heavy (non-hydrogen) atoms. The number of sulfonamides is 1. The summed E-state index contributed by atoms with van der Waals surface area (Å²) in [6.45, 7) is 7.91. The molecule has 13 nitrogen and oxygen atoms in total. The smallest absolute Gasteiger partial charge is 0.410 e. The van der Waals surface area contributed by atoms with Crippen molar-refractivity contribution in [3.8, 4) is 5.88 Å². The van der Waals surface area contributed by atoms with Crippen LogP contribution >= 0.6 is 0 Å². The number of Topliss-reactive ketones (excluding diaryl/α,β-unsaturated/α-hetero) is 1. The van der Waals surface area contributed by atoms with Crippen LogP contribution in [0.3, 0.4) is 0 Å². The third kappa shape index (κ3) is 7.37. The molecule has 0 bridgehead atoms. The quantitative estimate of drug-likeness (QED) is 0.239. The summed E-state index contributed by atoms with van der Waals surface area (Å²) in [4.78, 5) is 40.1. The molecule has 1 atom stereocenters. The van der Waals surface area contributed by atoms with Gasteiger partial charge in [0.1, 0.15) is 5.60 Å². The van der Waals surface area contributed by atoms with Crippen LogP contribution in [0.5, 0.6) is 5.88 Å². The van der Waals surface area contributed by atoms with Gasteiger partial charge in [-0.15, -0.1) is 0 Å². The number of nitrogens with one attached hydrogen (secondary N) is 1. The summed E-state index contributed by atoms with van der Waals surface area (Å²) < 4.78 is 49.6. The second-order valence-electron chi connectivity index (χ2n) is 10.4. The number of esters is 1. The normalized spacial score (nSPS) is 16.2. The molecule has 1 aliphatic rings. The van der Waals surface area contributed by atoms with Crippen LogP contribution < -0.4 is 15.2 Å². The van der Waals surface area contributed by atoms with Gasteiger partial charge in [-0.2, -0.15) is 4.72 Å². The Morgan fingerprint density at radius 3 is 2.33 bits per heavy atom. The van der Waals surface area contributed by atoms with Crippen molar-refractivity contribution in [2.75, 3.05) is 26.8 Å².